The van der Waals surface area contributed by atoms with Crippen molar-refractivity contribution < 1.29 is 22.9 Å². The predicted molar refractivity (Wildman–Crippen MR) is 168 cm³/mol. The normalized spacial score (nSPS) is 20.2. The molecule has 0 radical (unpaired) electrons. The van der Waals surface area contributed by atoms with Crippen molar-refractivity contribution in [2.45, 2.75) is 80.4 Å². The average molecular weight is 631 g/mol. The third-order valence-electron chi connectivity index (χ3n) is 8.85. The first kappa shape index (κ1) is 29.2. The van der Waals surface area contributed by atoms with Crippen LogP contribution in [0.3, 0.4) is 0 Å². The molecular formula is C32H34N6O6S. The minimum Gasteiger partial charge on any atom is -0.455 e. The quantitative estimate of drug-likeness (QED) is 0.139. The van der Waals surface area contributed by atoms with E-state index in [1.165, 1.54) is 56.1 Å². The lowest BCUT2D eigenvalue weighted by Crippen LogP contribution is -2.43. The number of carbonyl (C=O) groups is 1. The van der Waals surface area contributed by atoms with Gasteiger partial charge in [-0.05, 0) is 87.8 Å². The number of hydrogen-bond acceptors (Lipinski definition) is 9. The second-order valence-electron chi connectivity index (χ2n) is 12.1. The lowest BCUT2D eigenvalue weighted by Gasteiger charge is -2.37. The zero-order chi connectivity index (χ0) is 31.1. The number of ether oxygens (including phenoxy) is 1. The van der Waals surface area contributed by atoms with Crippen LogP contribution in [-0.2, 0) is 10.0 Å². The van der Waals surface area contributed by atoms with Crippen molar-refractivity contribution in [3.8, 4) is 11.5 Å². The van der Waals surface area contributed by atoms with Crippen molar-refractivity contribution in [2.75, 3.05) is 5.32 Å². The molecule has 3 fully saturated rings. The van der Waals surface area contributed by atoms with Crippen molar-refractivity contribution in [3.63, 3.8) is 0 Å². The molecule has 0 aliphatic heterocycles. The summed E-state index contributed by atoms with van der Waals surface area (Å²) in [6.07, 6.45) is 12.3. The van der Waals surface area contributed by atoms with Crippen LogP contribution in [0.2, 0.25) is 0 Å². The molecule has 1 amide bonds. The summed E-state index contributed by atoms with van der Waals surface area (Å²) in [5.74, 6) is -0.450. The number of fused-ring (bicyclic) bond motifs is 1. The summed E-state index contributed by atoms with van der Waals surface area (Å²) in [7, 11) is -4.46. The number of benzene rings is 2. The fraction of sp³-hybridized carbons (Fsp3) is 0.375. The monoisotopic (exact) mass is 630 g/mol. The van der Waals surface area contributed by atoms with E-state index < -0.39 is 20.9 Å². The first-order chi connectivity index (χ1) is 21.7. The highest BCUT2D eigenvalue weighted by molar-refractivity contribution is 7.90. The number of H-pyrrole nitrogens is 1. The Bertz CT molecular complexity index is 1850. The summed E-state index contributed by atoms with van der Waals surface area (Å²) >= 11 is 0. The fourth-order valence-electron chi connectivity index (χ4n) is 6.41. The maximum absolute atomic E-state index is 13.3. The van der Waals surface area contributed by atoms with E-state index in [1.54, 1.807) is 24.4 Å². The van der Waals surface area contributed by atoms with Crippen LogP contribution in [0.1, 0.15) is 61.7 Å². The Morgan fingerprint density at radius 3 is 2.33 bits per heavy atom. The molecule has 3 aliphatic carbocycles. The third-order valence-corrected chi connectivity index (χ3v) is 10.2. The maximum atomic E-state index is 13.3. The molecule has 0 spiro atoms. The van der Waals surface area contributed by atoms with Gasteiger partial charge in [-0.1, -0.05) is 12.1 Å². The van der Waals surface area contributed by atoms with Gasteiger partial charge in [-0.15, -0.1) is 0 Å². The lowest BCUT2D eigenvalue weighted by molar-refractivity contribution is -0.384. The van der Waals surface area contributed by atoms with Gasteiger partial charge in [0, 0.05) is 41.8 Å². The number of nitrogens with zero attached hydrogens (tertiary/aromatic N) is 3. The highest BCUT2D eigenvalue weighted by atomic mass is 32.2. The van der Waals surface area contributed by atoms with E-state index in [0.717, 1.165) is 49.2 Å². The Labute approximate surface area is 260 Å². The van der Waals surface area contributed by atoms with Gasteiger partial charge >= 0.3 is 0 Å². The van der Waals surface area contributed by atoms with E-state index in [1.807, 2.05) is 10.8 Å². The largest absolute Gasteiger partial charge is 0.455 e. The summed E-state index contributed by atoms with van der Waals surface area (Å²) in [5, 5.41) is 16.1. The molecule has 0 unspecified atom stereocenters. The van der Waals surface area contributed by atoms with E-state index in [-0.39, 0.29) is 33.6 Å². The number of nitrogens with one attached hydrogen (secondary N) is 3. The molecule has 3 N–H and O–H groups in total. The number of para-hydroxylation sites is 1. The molecule has 45 heavy (non-hydrogen) atoms. The number of rotatable bonds is 11. The van der Waals surface area contributed by atoms with E-state index in [9.17, 15) is 23.3 Å². The Hall–Kier alpha value is -4.49. The van der Waals surface area contributed by atoms with E-state index in [2.05, 4.69) is 20.2 Å². The topological polar surface area (TPSA) is 160 Å². The molecule has 234 valence electrons. The summed E-state index contributed by atoms with van der Waals surface area (Å²) in [5.41, 5.74) is 0.551. The van der Waals surface area contributed by atoms with E-state index >= 15 is 0 Å². The number of sulfonamides is 1. The molecular weight excluding hydrogens is 596 g/mol. The van der Waals surface area contributed by atoms with Crippen LogP contribution < -0.4 is 14.8 Å². The number of anilines is 1. The number of nitro benzene ring substituents is 1. The Morgan fingerprint density at radius 2 is 1.64 bits per heavy atom. The molecule has 7 rings (SSSR count). The number of pyridine rings is 1. The highest BCUT2D eigenvalue weighted by Gasteiger charge is 2.43. The molecule has 12 nitrogen and oxygen atoms in total. The van der Waals surface area contributed by atoms with Gasteiger partial charge in [0.25, 0.3) is 21.6 Å². The van der Waals surface area contributed by atoms with Crippen LogP contribution in [0.25, 0.3) is 11.0 Å². The minimum atomic E-state index is -4.46. The summed E-state index contributed by atoms with van der Waals surface area (Å²) in [4.78, 5) is 34.2. The van der Waals surface area contributed by atoms with Crippen molar-refractivity contribution in [1.29, 1.82) is 0 Å². The molecule has 0 bridgehead atoms. The maximum Gasteiger partial charge on any atom is 0.293 e. The van der Waals surface area contributed by atoms with Gasteiger partial charge in [-0.2, -0.15) is 0 Å². The number of nitro groups is 1. The first-order valence-electron chi connectivity index (χ1n) is 15.3. The Morgan fingerprint density at radius 1 is 0.956 bits per heavy atom. The fourth-order valence-corrected chi connectivity index (χ4v) is 7.40. The lowest BCUT2D eigenvalue weighted by atomic mass is 9.89. The van der Waals surface area contributed by atoms with E-state index in [4.69, 9.17) is 4.74 Å². The third kappa shape index (κ3) is 6.36. The van der Waals surface area contributed by atoms with Gasteiger partial charge in [-0.3, -0.25) is 19.8 Å². The zero-order valence-electron chi connectivity index (χ0n) is 24.5. The SMILES string of the molecule is O=C(NS(=O)(=O)c1ccc(NC2CCC(N(C3CC3)C3CC3)CC2)c([N+](=O)[O-])c1)c1ccccc1Oc1cnc2[nH]ccc2c1. The van der Waals surface area contributed by atoms with Crippen molar-refractivity contribution in [3.05, 3.63) is 82.7 Å². The molecule has 3 saturated carbocycles. The first-order valence-corrected chi connectivity index (χ1v) is 16.8. The van der Waals surface area contributed by atoms with Gasteiger partial charge in [-0.25, -0.2) is 18.1 Å². The highest BCUT2D eigenvalue weighted by Crippen LogP contribution is 2.42. The summed E-state index contributed by atoms with van der Waals surface area (Å²) in [6.45, 7) is 0. The van der Waals surface area contributed by atoms with Gasteiger partial charge in [0.1, 0.15) is 22.8 Å². The second-order valence-corrected chi connectivity index (χ2v) is 13.8. The Balaban J connectivity index is 1.03. The van der Waals surface area contributed by atoms with Crippen LogP contribution in [0, 0.1) is 10.1 Å². The van der Waals surface area contributed by atoms with Crippen LogP contribution in [-0.4, -0.2) is 58.3 Å². The summed E-state index contributed by atoms with van der Waals surface area (Å²) < 4.78 is 34.4. The van der Waals surface area contributed by atoms with Gasteiger partial charge in [0.05, 0.1) is 21.6 Å². The van der Waals surface area contributed by atoms with Crippen LogP contribution in [0.15, 0.2) is 71.9 Å². The molecule has 2 heterocycles. The Kier molecular flexibility index (Phi) is 7.66. The molecule has 3 aliphatic rings. The number of aromatic nitrogens is 2. The number of aromatic amines is 1. The average Bonchev–Trinajstić information content (AvgIpc) is 3.97. The van der Waals surface area contributed by atoms with Crippen LogP contribution in [0.5, 0.6) is 11.5 Å². The smallest absolute Gasteiger partial charge is 0.293 e. The molecule has 2 aromatic carbocycles. The summed E-state index contributed by atoms with van der Waals surface area (Å²) in [6, 6.07) is 15.5. The number of amides is 1. The standard InChI is InChI=1S/C32H34N6O6S/c39-32(27-3-1-2-4-30(27)44-25-17-20-15-16-33-31(20)34-19-25)36-45(42,43)26-13-14-28(29(18-26)38(40)41)35-21-5-7-22(8-6-21)37(23-9-10-23)24-11-12-24/h1-4,13-19,21-24,35H,5-12H2,(H,33,34)(H,36,39). The molecule has 0 atom stereocenters. The predicted octanol–water partition coefficient (Wildman–Crippen LogP) is 5.73. The second kappa shape index (κ2) is 11.8. The van der Waals surface area contributed by atoms with Crippen molar-refractivity contribution in [1.82, 2.24) is 19.6 Å². The van der Waals surface area contributed by atoms with Gasteiger partial charge < -0.3 is 15.0 Å². The molecule has 4 aromatic rings. The number of carbonyl (C=O) groups excluding carboxylic acids is 1. The van der Waals surface area contributed by atoms with E-state index in [0.29, 0.717) is 17.4 Å². The molecule has 13 heteroatoms. The zero-order valence-corrected chi connectivity index (χ0v) is 25.3. The number of hydrogen-bond donors (Lipinski definition) is 3. The van der Waals surface area contributed by atoms with Crippen molar-refractivity contribution in [2.24, 2.45) is 0 Å². The van der Waals surface area contributed by atoms with Crippen LogP contribution >= 0.6 is 0 Å². The molecule has 2 aromatic heterocycles. The minimum absolute atomic E-state index is 0.0273. The van der Waals surface area contributed by atoms with Gasteiger partial charge in [0.15, 0.2) is 0 Å². The van der Waals surface area contributed by atoms with Crippen LogP contribution in [0.4, 0.5) is 11.4 Å². The van der Waals surface area contributed by atoms with Gasteiger partial charge in [0.2, 0.25) is 0 Å². The molecule has 0 saturated heterocycles. The van der Waals surface area contributed by atoms with Crippen molar-refractivity contribution >= 4 is 38.3 Å².